The number of hydrogen-bond acceptors (Lipinski definition) is 4. The van der Waals surface area contributed by atoms with E-state index in [4.69, 9.17) is 16.3 Å². The van der Waals surface area contributed by atoms with Crippen molar-refractivity contribution in [2.75, 3.05) is 12.4 Å². The van der Waals surface area contributed by atoms with E-state index in [0.29, 0.717) is 0 Å². The number of carbonyl (C=O) groups is 1. The summed E-state index contributed by atoms with van der Waals surface area (Å²) in [7, 11) is 2.46. The number of carbonyl (C=O) groups excluding carboxylic acids is 1. The van der Waals surface area contributed by atoms with Crippen molar-refractivity contribution in [2.45, 2.75) is 6.61 Å². The highest BCUT2D eigenvalue weighted by Crippen LogP contribution is 2.35. The summed E-state index contributed by atoms with van der Waals surface area (Å²) in [4.78, 5) is 26.5. The highest BCUT2D eigenvalue weighted by Gasteiger charge is 2.28. The van der Waals surface area contributed by atoms with Gasteiger partial charge in [0.1, 0.15) is 40.3 Å². The van der Waals surface area contributed by atoms with Gasteiger partial charge in [-0.2, -0.15) is 8.78 Å². The number of ether oxygens (including phenoxy) is 2. The van der Waals surface area contributed by atoms with Crippen LogP contribution in [0.2, 0.25) is 5.02 Å². The molecule has 4 rings (SSSR count). The van der Waals surface area contributed by atoms with Crippen LogP contribution >= 0.6 is 11.6 Å². The SMILES string of the molecule is COc1cc(F)c(-c2c(NC(=O)c3ccc(OC(F)F)cc3)c(=O)n(-c3cc(F)ccc3Cl)n2C)c(F)c1. The summed E-state index contributed by atoms with van der Waals surface area (Å²) in [5.74, 6) is -4.27. The first-order chi connectivity index (χ1) is 18.0. The summed E-state index contributed by atoms with van der Waals surface area (Å²) in [6.07, 6.45) is 0. The number of aromatic nitrogens is 2. The molecule has 0 aliphatic heterocycles. The van der Waals surface area contributed by atoms with Crippen LogP contribution in [-0.2, 0) is 7.05 Å². The molecule has 7 nitrogen and oxygen atoms in total. The Kier molecular flexibility index (Phi) is 7.44. The number of hydrogen-bond donors (Lipinski definition) is 1. The van der Waals surface area contributed by atoms with Gasteiger partial charge in [-0.05, 0) is 36.4 Å². The second kappa shape index (κ2) is 10.6. The van der Waals surface area contributed by atoms with E-state index < -0.39 is 52.5 Å². The molecule has 0 aliphatic rings. The standard InChI is InChI=1S/C25H17ClF5N3O4/c1-33-22(20-17(28)10-15(37-2)11-18(20)29)21(24(36)34(33)19-9-13(27)5-8-16(19)26)32-23(35)12-3-6-14(7-4-12)38-25(30)31/h3-11,25H,1-2H3,(H,32,35). The molecule has 1 heterocycles. The molecule has 0 atom stereocenters. The highest BCUT2D eigenvalue weighted by molar-refractivity contribution is 6.32. The fourth-order valence-electron chi connectivity index (χ4n) is 3.79. The van der Waals surface area contributed by atoms with Crippen molar-refractivity contribution in [3.63, 3.8) is 0 Å². The van der Waals surface area contributed by atoms with E-state index in [1.165, 1.54) is 20.2 Å². The fraction of sp³-hybridized carbons (Fsp3) is 0.120. The number of rotatable bonds is 7. The summed E-state index contributed by atoms with van der Waals surface area (Å²) < 4.78 is 80.1. The minimum absolute atomic E-state index is 0.0659. The number of nitrogens with zero attached hydrogens (tertiary/aromatic N) is 2. The average molecular weight is 554 g/mol. The smallest absolute Gasteiger partial charge is 0.387 e. The minimum Gasteiger partial charge on any atom is -0.497 e. The number of methoxy groups -OCH3 is 1. The summed E-state index contributed by atoms with van der Waals surface area (Å²) >= 11 is 6.18. The van der Waals surface area contributed by atoms with Crippen LogP contribution in [0, 0.1) is 17.5 Å². The number of alkyl halides is 2. The lowest BCUT2D eigenvalue weighted by Gasteiger charge is -2.14. The van der Waals surface area contributed by atoms with Crippen LogP contribution in [0.3, 0.4) is 0 Å². The zero-order valence-electron chi connectivity index (χ0n) is 19.6. The van der Waals surface area contributed by atoms with Gasteiger partial charge in [0, 0.05) is 30.8 Å². The van der Waals surface area contributed by atoms with Crippen LogP contribution in [-0.4, -0.2) is 29.0 Å². The first-order valence-corrected chi connectivity index (χ1v) is 11.1. The molecular weight excluding hydrogens is 537 g/mol. The Morgan fingerprint density at radius 2 is 1.61 bits per heavy atom. The molecular formula is C25H17ClF5N3O4. The maximum atomic E-state index is 15.1. The van der Waals surface area contributed by atoms with Gasteiger partial charge in [-0.1, -0.05) is 11.6 Å². The summed E-state index contributed by atoms with van der Waals surface area (Å²) in [6, 6.07) is 9.40. The van der Waals surface area contributed by atoms with Gasteiger partial charge in [-0.15, -0.1) is 0 Å². The first kappa shape index (κ1) is 26.7. The maximum Gasteiger partial charge on any atom is 0.387 e. The van der Waals surface area contributed by atoms with Gasteiger partial charge >= 0.3 is 6.61 Å². The normalized spacial score (nSPS) is 11.1. The van der Waals surface area contributed by atoms with Crippen LogP contribution in [0.5, 0.6) is 11.5 Å². The molecule has 1 amide bonds. The number of halogens is 6. The predicted molar refractivity (Wildman–Crippen MR) is 129 cm³/mol. The van der Waals surface area contributed by atoms with E-state index in [9.17, 15) is 22.8 Å². The molecule has 0 spiro atoms. The number of nitrogens with one attached hydrogen (secondary N) is 1. The molecule has 0 aliphatic carbocycles. The molecule has 0 bridgehead atoms. The summed E-state index contributed by atoms with van der Waals surface area (Å²) in [6.45, 7) is -3.08. The fourth-order valence-corrected chi connectivity index (χ4v) is 3.99. The number of amides is 1. The minimum atomic E-state index is -3.08. The van der Waals surface area contributed by atoms with Crippen LogP contribution in [0.25, 0.3) is 16.9 Å². The zero-order chi connectivity index (χ0) is 27.7. The van der Waals surface area contributed by atoms with Crippen LogP contribution in [0.1, 0.15) is 10.4 Å². The monoisotopic (exact) mass is 553 g/mol. The number of anilines is 1. The average Bonchev–Trinajstić information content (AvgIpc) is 3.09. The van der Waals surface area contributed by atoms with Crippen molar-refractivity contribution in [1.29, 1.82) is 0 Å². The van der Waals surface area contributed by atoms with Crippen LogP contribution in [0.4, 0.5) is 27.6 Å². The molecule has 0 unspecified atom stereocenters. The molecule has 38 heavy (non-hydrogen) atoms. The van der Waals surface area contributed by atoms with E-state index in [-0.39, 0.29) is 27.8 Å². The van der Waals surface area contributed by atoms with E-state index in [0.717, 1.165) is 57.9 Å². The van der Waals surface area contributed by atoms with Crippen molar-refractivity contribution in [3.8, 4) is 28.4 Å². The molecule has 1 N–H and O–H groups in total. The molecule has 1 aromatic heterocycles. The van der Waals surface area contributed by atoms with E-state index in [1.54, 1.807) is 0 Å². The van der Waals surface area contributed by atoms with Gasteiger partial charge < -0.3 is 14.8 Å². The topological polar surface area (TPSA) is 74.5 Å². The second-order valence-corrected chi connectivity index (χ2v) is 8.19. The lowest BCUT2D eigenvalue weighted by atomic mass is 10.1. The Balaban J connectivity index is 1.90. The van der Waals surface area contributed by atoms with Gasteiger partial charge in [0.15, 0.2) is 0 Å². The van der Waals surface area contributed by atoms with Gasteiger partial charge in [0.2, 0.25) is 0 Å². The van der Waals surface area contributed by atoms with Crippen molar-refractivity contribution in [3.05, 3.63) is 93.0 Å². The van der Waals surface area contributed by atoms with Crippen molar-refractivity contribution in [1.82, 2.24) is 9.36 Å². The van der Waals surface area contributed by atoms with Gasteiger partial charge in [-0.25, -0.2) is 17.9 Å². The van der Waals surface area contributed by atoms with Gasteiger partial charge in [-0.3, -0.25) is 14.3 Å². The molecule has 0 radical (unpaired) electrons. The highest BCUT2D eigenvalue weighted by atomic mass is 35.5. The van der Waals surface area contributed by atoms with E-state index >= 15 is 8.78 Å². The Labute approximate surface area is 216 Å². The second-order valence-electron chi connectivity index (χ2n) is 7.78. The van der Waals surface area contributed by atoms with E-state index in [1.807, 2.05) is 0 Å². The molecule has 3 aromatic carbocycles. The maximum absolute atomic E-state index is 15.1. The molecule has 0 saturated carbocycles. The third-order valence-electron chi connectivity index (χ3n) is 5.47. The van der Waals surface area contributed by atoms with Crippen molar-refractivity contribution >= 4 is 23.2 Å². The molecule has 13 heteroatoms. The zero-order valence-corrected chi connectivity index (χ0v) is 20.3. The summed E-state index contributed by atoms with van der Waals surface area (Å²) in [5, 5.41) is 2.25. The Morgan fingerprint density at radius 3 is 2.18 bits per heavy atom. The third kappa shape index (κ3) is 5.07. The Bertz CT molecular complexity index is 1560. The van der Waals surface area contributed by atoms with Gasteiger partial charge in [0.05, 0.1) is 23.4 Å². The quantitative estimate of drug-likeness (QED) is 0.295. The van der Waals surface area contributed by atoms with Crippen LogP contribution in [0.15, 0.2) is 59.4 Å². The van der Waals surface area contributed by atoms with Crippen molar-refractivity contribution in [2.24, 2.45) is 7.05 Å². The van der Waals surface area contributed by atoms with E-state index in [2.05, 4.69) is 10.1 Å². The lowest BCUT2D eigenvalue weighted by molar-refractivity contribution is -0.0498. The molecule has 4 aromatic rings. The largest absolute Gasteiger partial charge is 0.497 e. The predicted octanol–water partition coefficient (Wildman–Crippen LogP) is 5.78. The molecule has 0 saturated heterocycles. The number of benzene rings is 3. The third-order valence-corrected chi connectivity index (χ3v) is 5.79. The first-order valence-electron chi connectivity index (χ1n) is 10.7. The molecule has 0 fully saturated rings. The lowest BCUT2D eigenvalue weighted by Crippen LogP contribution is -2.23. The van der Waals surface area contributed by atoms with Crippen molar-refractivity contribution < 1.29 is 36.2 Å². The molecule has 198 valence electrons. The van der Waals surface area contributed by atoms with Gasteiger partial charge in [0.25, 0.3) is 11.5 Å². The summed E-state index contributed by atoms with van der Waals surface area (Å²) in [5.41, 5.74) is -2.90. The Hall–Kier alpha value is -4.32. The van der Waals surface area contributed by atoms with Crippen LogP contribution < -0.4 is 20.3 Å². The Morgan fingerprint density at radius 1 is 0.974 bits per heavy atom.